The minimum absolute atomic E-state index is 0.0483. The highest BCUT2D eigenvalue weighted by molar-refractivity contribution is 7.89. The van der Waals surface area contributed by atoms with Gasteiger partial charge >= 0.3 is 0 Å². The average molecular weight is 342 g/mol. The lowest BCUT2D eigenvalue weighted by molar-refractivity contribution is 0.469. The molecule has 2 heterocycles. The van der Waals surface area contributed by atoms with E-state index in [0.29, 0.717) is 10.7 Å². The van der Waals surface area contributed by atoms with E-state index in [-0.39, 0.29) is 9.88 Å². The highest BCUT2D eigenvalue weighted by Gasteiger charge is 2.30. The zero-order valence-corrected chi connectivity index (χ0v) is 13.8. The maximum absolute atomic E-state index is 12.4. The molecule has 2 aromatic heterocycles. The largest absolute Gasteiger partial charge is 0.388 e. The maximum atomic E-state index is 12.4. The van der Waals surface area contributed by atoms with Gasteiger partial charge in [-0.2, -0.15) is 4.72 Å². The molecule has 0 spiro atoms. The summed E-state index contributed by atoms with van der Waals surface area (Å²) in [6.45, 7) is 3.50. The van der Waals surface area contributed by atoms with Crippen LogP contribution >= 0.6 is 23.6 Å². The number of rotatable bonds is 5. The molecule has 9 heteroatoms. The molecule has 0 saturated heterocycles. The lowest BCUT2D eigenvalue weighted by Crippen LogP contribution is -2.40. The topological polar surface area (TPSA) is 98.0 Å². The first kappa shape index (κ1) is 16.0. The number of nitrogens with one attached hydrogen (secondary N) is 1. The Morgan fingerprint density at radius 2 is 2.10 bits per heavy atom. The van der Waals surface area contributed by atoms with Crippen molar-refractivity contribution >= 4 is 38.6 Å². The summed E-state index contributed by atoms with van der Waals surface area (Å²) in [6.07, 6.45) is 2.86. The van der Waals surface area contributed by atoms with E-state index in [0.717, 1.165) is 0 Å². The van der Waals surface area contributed by atoms with Crippen LogP contribution < -0.4 is 10.5 Å². The van der Waals surface area contributed by atoms with Crippen molar-refractivity contribution in [2.24, 2.45) is 5.73 Å². The minimum atomic E-state index is -3.72. The standard InChI is InChI=1S/C12H14N4O2S3/c1-12(2,11-14-5-6-20-11)16-21(17,18)8-3-4-9(10(13)19)15-7-8/h3-7,16H,1-2H3,(H2,13,19). The zero-order valence-electron chi connectivity index (χ0n) is 11.4. The van der Waals surface area contributed by atoms with E-state index in [1.165, 1.54) is 29.7 Å². The number of nitrogens with two attached hydrogens (primary N) is 1. The summed E-state index contributed by atoms with van der Waals surface area (Å²) in [5, 5.41) is 2.47. The molecule has 0 amide bonds. The number of thiocarbonyl (C=S) groups is 1. The van der Waals surface area contributed by atoms with Crippen LogP contribution in [0.15, 0.2) is 34.8 Å². The summed E-state index contributed by atoms with van der Waals surface area (Å²) in [5.74, 6) is 0. The van der Waals surface area contributed by atoms with Crippen LogP contribution in [0, 0.1) is 0 Å². The van der Waals surface area contributed by atoms with Gasteiger partial charge in [-0.25, -0.2) is 13.4 Å². The number of hydrogen-bond donors (Lipinski definition) is 2. The predicted octanol–water partition coefficient (Wildman–Crippen LogP) is 1.39. The summed E-state index contributed by atoms with van der Waals surface area (Å²) >= 11 is 6.17. The Hall–Kier alpha value is -1.42. The van der Waals surface area contributed by atoms with Crippen molar-refractivity contribution in [3.63, 3.8) is 0 Å². The van der Waals surface area contributed by atoms with Crippen LogP contribution in [0.2, 0.25) is 0 Å². The van der Waals surface area contributed by atoms with Gasteiger partial charge in [0.25, 0.3) is 0 Å². The van der Waals surface area contributed by atoms with Crippen LogP contribution in [0.1, 0.15) is 24.5 Å². The highest BCUT2D eigenvalue weighted by Crippen LogP contribution is 2.24. The maximum Gasteiger partial charge on any atom is 0.242 e. The molecular weight excluding hydrogens is 328 g/mol. The Balaban J connectivity index is 2.28. The van der Waals surface area contributed by atoms with E-state index in [1.54, 1.807) is 25.4 Å². The molecule has 0 radical (unpaired) electrons. The fourth-order valence-corrected chi connectivity index (χ4v) is 3.88. The fourth-order valence-electron chi connectivity index (χ4n) is 1.66. The summed E-state index contributed by atoms with van der Waals surface area (Å²) in [4.78, 5) is 8.25. The van der Waals surface area contributed by atoms with E-state index < -0.39 is 15.6 Å². The van der Waals surface area contributed by atoms with Gasteiger partial charge in [-0.15, -0.1) is 11.3 Å². The zero-order chi connectivity index (χ0) is 15.7. The number of aromatic nitrogens is 2. The monoisotopic (exact) mass is 342 g/mol. The minimum Gasteiger partial charge on any atom is -0.388 e. The van der Waals surface area contributed by atoms with Crippen molar-refractivity contribution in [1.82, 2.24) is 14.7 Å². The van der Waals surface area contributed by atoms with Gasteiger partial charge in [0.05, 0.1) is 11.2 Å². The Kier molecular flexibility index (Phi) is 4.38. The normalized spacial score (nSPS) is 12.3. The molecule has 0 aliphatic rings. The molecule has 0 unspecified atom stereocenters. The number of thiazole rings is 1. The summed E-state index contributed by atoms with van der Waals surface area (Å²) < 4.78 is 27.4. The van der Waals surface area contributed by atoms with Crippen LogP contribution in [0.3, 0.4) is 0 Å². The second-order valence-electron chi connectivity index (χ2n) is 4.81. The van der Waals surface area contributed by atoms with E-state index in [2.05, 4.69) is 14.7 Å². The molecule has 0 atom stereocenters. The first-order valence-corrected chi connectivity index (χ1v) is 8.69. The Labute approximate surface area is 132 Å². The number of nitrogens with zero attached hydrogens (tertiary/aromatic N) is 2. The second-order valence-corrected chi connectivity index (χ2v) is 7.83. The van der Waals surface area contributed by atoms with E-state index in [1.807, 2.05) is 0 Å². The van der Waals surface area contributed by atoms with Crippen LogP contribution in [-0.2, 0) is 15.6 Å². The van der Waals surface area contributed by atoms with Gasteiger partial charge < -0.3 is 5.73 Å². The summed E-state index contributed by atoms with van der Waals surface area (Å²) in [6, 6.07) is 2.90. The lowest BCUT2D eigenvalue weighted by atomic mass is 10.1. The molecule has 0 fully saturated rings. The third-order valence-electron chi connectivity index (χ3n) is 2.66. The van der Waals surface area contributed by atoms with E-state index >= 15 is 0 Å². The quantitative estimate of drug-likeness (QED) is 0.797. The number of pyridine rings is 1. The third-order valence-corrected chi connectivity index (χ3v) is 5.60. The smallest absolute Gasteiger partial charge is 0.242 e. The predicted molar refractivity (Wildman–Crippen MR) is 85.6 cm³/mol. The molecule has 0 aliphatic heterocycles. The lowest BCUT2D eigenvalue weighted by Gasteiger charge is -2.23. The molecule has 0 aliphatic carbocycles. The van der Waals surface area contributed by atoms with Crippen molar-refractivity contribution in [2.75, 3.05) is 0 Å². The molecular formula is C12H14N4O2S3. The van der Waals surface area contributed by atoms with E-state index in [9.17, 15) is 8.42 Å². The van der Waals surface area contributed by atoms with Crippen molar-refractivity contribution < 1.29 is 8.42 Å². The molecule has 0 bridgehead atoms. The van der Waals surface area contributed by atoms with Gasteiger partial charge in [0.2, 0.25) is 10.0 Å². The SMILES string of the molecule is CC(C)(NS(=O)(=O)c1ccc(C(N)=S)nc1)c1nccs1. The molecule has 2 aromatic rings. The van der Waals surface area contributed by atoms with Crippen molar-refractivity contribution in [3.05, 3.63) is 40.6 Å². The Morgan fingerprint density at radius 1 is 1.38 bits per heavy atom. The van der Waals surface area contributed by atoms with Gasteiger partial charge in [0.1, 0.15) is 14.9 Å². The molecule has 3 N–H and O–H groups in total. The molecule has 0 aromatic carbocycles. The third kappa shape index (κ3) is 3.62. The summed E-state index contributed by atoms with van der Waals surface area (Å²) in [7, 11) is -3.72. The summed E-state index contributed by atoms with van der Waals surface area (Å²) in [5.41, 5.74) is 5.00. The first-order chi connectivity index (χ1) is 9.72. The van der Waals surface area contributed by atoms with Gasteiger partial charge in [0.15, 0.2) is 0 Å². The molecule has 112 valence electrons. The van der Waals surface area contributed by atoms with Gasteiger partial charge in [-0.3, -0.25) is 4.98 Å². The molecule has 6 nitrogen and oxygen atoms in total. The van der Waals surface area contributed by atoms with Crippen LogP contribution in [0.4, 0.5) is 0 Å². The van der Waals surface area contributed by atoms with Gasteiger partial charge in [-0.05, 0) is 26.0 Å². The Morgan fingerprint density at radius 3 is 2.57 bits per heavy atom. The van der Waals surface area contributed by atoms with Crippen molar-refractivity contribution in [3.8, 4) is 0 Å². The molecule has 0 saturated carbocycles. The van der Waals surface area contributed by atoms with E-state index in [4.69, 9.17) is 18.0 Å². The fraction of sp³-hybridized carbons (Fsp3) is 0.250. The van der Waals surface area contributed by atoms with Crippen LogP contribution in [-0.4, -0.2) is 23.4 Å². The second kappa shape index (κ2) is 5.76. The highest BCUT2D eigenvalue weighted by atomic mass is 32.2. The molecule has 21 heavy (non-hydrogen) atoms. The van der Waals surface area contributed by atoms with Crippen molar-refractivity contribution in [1.29, 1.82) is 0 Å². The molecule has 2 rings (SSSR count). The average Bonchev–Trinajstić information content (AvgIpc) is 2.92. The van der Waals surface area contributed by atoms with Crippen LogP contribution in [0.5, 0.6) is 0 Å². The van der Waals surface area contributed by atoms with Gasteiger partial charge in [-0.1, -0.05) is 12.2 Å². The first-order valence-electron chi connectivity index (χ1n) is 5.92. The number of sulfonamides is 1. The Bertz CT molecular complexity index is 737. The van der Waals surface area contributed by atoms with Gasteiger partial charge in [0, 0.05) is 17.8 Å². The number of hydrogen-bond acceptors (Lipinski definition) is 6. The van der Waals surface area contributed by atoms with Crippen LogP contribution in [0.25, 0.3) is 0 Å². The van der Waals surface area contributed by atoms with Crippen molar-refractivity contribution in [2.45, 2.75) is 24.3 Å².